The molecule has 0 unspecified atom stereocenters. The van der Waals surface area contributed by atoms with Gasteiger partial charge in [-0.1, -0.05) is 0 Å². The number of aliphatic hydroxyl groups excluding tert-OH is 1. The van der Waals surface area contributed by atoms with Crippen molar-refractivity contribution in [3.05, 3.63) is 0 Å². The second kappa shape index (κ2) is 18.9. The van der Waals surface area contributed by atoms with E-state index < -0.39 is 23.3 Å². The molecule has 182 valence electrons. The molecular weight excluding hydrogens is 416 g/mol. The highest BCUT2D eigenvalue weighted by Gasteiger charge is 2.33. The minimum atomic E-state index is -0.766. The number of carbonyl (C=O) groups excluding carboxylic acids is 3. The standard InChI is InChI=1S/C20H36O11/c1-25-17(22)5-10-29-14-20(13-28-9-4-8-21,15-30-11-6-18(23)26-2)16-31-12-7-19(24)27-3/h21H,4-16H2,1-3H3. The van der Waals surface area contributed by atoms with Crippen LogP contribution >= 0.6 is 0 Å². The molecule has 1 N–H and O–H groups in total. The van der Waals surface area contributed by atoms with Crippen LogP contribution in [0.15, 0.2) is 0 Å². The zero-order valence-corrected chi connectivity index (χ0v) is 18.7. The Morgan fingerprint density at radius 3 is 1.23 bits per heavy atom. The van der Waals surface area contributed by atoms with Gasteiger partial charge in [0.05, 0.1) is 92.3 Å². The van der Waals surface area contributed by atoms with Crippen molar-refractivity contribution in [2.24, 2.45) is 5.41 Å². The smallest absolute Gasteiger partial charge is 0.307 e. The van der Waals surface area contributed by atoms with Crippen LogP contribution in [0.2, 0.25) is 0 Å². The first-order valence-corrected chi connectivity index (χ1v) is 10.0. The summed E-state index contributed by atoms with van der Waals surface area (Å²) in [6.45, 7) is 1.32. The van der Waals surface area contributed by atoms with Gasteiger partial charge in [-0.15, -0.1) is 0 Å². The van der Waals surface area contributed by atoms with Gasteiger partial charge >= 0.3 is 17.9 Å². The first-order valence-electron chi connectivity index (χ1n) is 10.0. The Morgan fingerprint density at radius 2 is 0.935 bits per heavy atom. The second-order valence-electron chi connectivity index (χ2n) is 6.77. The van der Waals surface area contributed by atoms with E-state index in [1.165, 1.54) is 21.3 Å². The molecule has 0 aliphatic heterocycles. The van der Waals surface area contributed by atoms with E-state index >= 15 is 0 Å². The van der Waals surface area contributed by atoms with E-state index in [9.17, 15) is 14.4 Å². The van der Waals surface area contributed by atoms with Crippen molar-refractivity contribution in [3.63, 3.8) is 0 Å². The van der Waals surface area contributed by atoms with Crippen LogP contribution in [0.4, 0.5) is 0 Å². The average Bonchev–Trinajstić information content (AvgIpc) is 2.79. The predicted octanol–water partition coefficient (Wildman–Crippen LogP) is 0.111. The van der Waals surface area contributed by atoms with Gasteiger partial charge in [0.25, 0.3) is 0 Å². The molecule has 0 rings (SSSR count). The maximum absolute atomic E-state index is 11.3. The first kappa shape index (κ1) is 29.2. The summed E-state index contributed by atoms with van der Waals surface area (Å²) >= 11 is 0. The maximum atomic E-state index is 11.3. The van der Waals surface area contributed by atoms with E-state index in [-0.39, 0.29) is 72.1 Å². The lowest BCUT2D eigenvalue weighted by molar-refractivity contribution is -0.145. The number of hydrogen-bond donors (Lipinski definition) is 1. The molecule has 11 heteroatoms. The summed E-state index contributed by atoms with van der Waals surface area (Å²) in [5.41, 5.74) is -0.766. The summed E-state index contributed by atoms with van der Waals surface area (Å²) < 4.78 is 36.4. The van der Waals surface area contributed by atoms with Crippen LogP contribution in [0.5, 0.6) is 0 Å². The molecule has 31 heavy (non-hydrogen) atoms. The lowest BCUT2D eigenvalue weighted by atomic mass is 9.92. The number of hydrogen-bond acceptors (Lipinski definition) is 11. The highest BCUT2D eigenvalue weighted by Crippen LogP contribution is 2.21. The topological polar surface area (TPSA) is 136 Å². The first-order chi connectivity index (χ1) is 14.9. The second-order valence-corrected chi connectivity index (χ2v) is 6.77. The molecule has 0 fully saturated rings. The SMILES string of the molecule is COC(=O)CCOCC(COCCCO)(COCCC(=O)OC)COCCC(=O)OC. The molecule has 0 atom stereocenters. The molecule has 0 amide bonds. The van der Waals surface area contributed by atoms with Crippen LogP contribution in [-0.4, -0.2) is 104 Å². The normalized spacial score (nSPS) is 11.2. The molecule has 0 aliphatic rings. The minimum Gasteiger partial charge on any atom is -0.469 e. The third kappa shape index (κ3) is 15.6. The zero-order valence-electron chi connectivity index (χ0n) is 18.7. The third-order valence-corrected chi connectivity index (χ3v) is 4.11. The van der Waals surface area contributed by atoms with Gasteiger partial charge in [-0.2, -0.15) is 0 Å². The molecule has 0 aliphatic carbocycles. The highest BCUT2D eigenvalue weighted by atomic mass is 16.5. The largest absolute Gasteiger partial charge is 0.469 e. The summed E-state index contributed by atoms with van der Waals surface area (Å²) in [5.74, 6) is -1.18. The Labute approximate surface area is 183 Å². The zero-order chi connectivity index (χ0) is 23.4. The lowest BCUT2D eigenvalue weighted by Gasteiger charge is -2.33. The van der Waals surface area contributed by atoms with Gasteiger partial charge in [0.15, 0.2) is 0 Å². The summed E-state index contributed by atoms with van der Waals surface area (Å²) in [6.07, 6.45) is 0.727. The van der Waals surface area contributed by atoms with Crippen LogP contribution < -0.4 is 0 Å². The molecule has 0 bridgehead atoms. The van der Waals surface area contributed by atoms with Gasteiger partial charge in [-0.05, 0) is 6.42 Å². The van der Waals surface area contributed by atoms with E-state index in [2.05, 4.69) is 14.2 Å². The molecule has 0 saturated carbocycles. The van der Waals surface area contributed by atoms with Crippen LogP contribution in [-0.2, 0) is 47.5 Å². The number of carbonyl (C=O) groups is 3. The Hall–Kier alpha value is -1.79. The van der Waals surface area contributed by atoms with Gasteiger partial charge in [0, 0.05) is 13.2 Å². The van der Waals surface area contributed by atoms with Crippen molar-refractivity contribution in [2.75, 3.05) is 80.8 Å². The van der Waals surface area contributed by atoms with Crippen LogP contribution in [0.3, 0.4) is 0 Å². The van der Waals surface area contributed by atoms with Crippen molar-refractivity contribution in [1.82, 2.24) is 0 Å². The Bertz CT molecular complexity index is 436. The van der Waals surface area contributed by atoms with Gasteiger partial charge in [0.1, 0.15) is 0 Å². The Morgan fingerprint density at radius 1 is 0.613 bits per heavy atom. The van der Waals surface area contributed by atoms with Gasteiger partial charge < -0.3 is 38.3 Å². The molecule has 0 aromatic rings. The molecule has 0 saturated heterocycles. The summed E-state index contributed by atoms with van der Waals surface area (Å²) in [6, 6.07) is 0. The number of methoxy groups -OCH3 is 3. The Kier molecular flexibility index (Phi) is 17.8. The van der Waals surface area contributed by atoms with E-state index in [4.69, 9.17) is 24.1 Å². The molecular formula is C20H36O11. The van der Waals surface area contributed by atoms with E-state index in [1.807, 2.05) is 0 Å². The molecule has 0 spiro atoms. The van der Waals surface area contributed by atoms with Gasteiger partial charge in [-0.3, -0.25) is 14.4 Å². The lowest BCUT2D eigenvalue weighted by Crippen LogP contribution is -2.42. The number of ether oxygens (including phenoxy) is 7. The summed E-state index contributed by atoms with van der Waals surface area (Å²) in [7, 11) is 3.89. The van der Waals surface area contributed by atoms with Gasteiger partial charge in [0.2, 0.25) is 0 Å². The quantitative estimate of drug-likeness (QED) is 0.153. The minimum absolute atomic E-state index is 0.00606. The fourth-order valence-corrected chi connectivity index (χ4v) is 2.34. The molecule has 0 heterocycles. The van der Waals surface area contributed by atoms with Crippen molar-refractivity contribution in [3.8, 4) is 0 Å². The highest BCUT2D eigenvalue weighted by molar-refractivity contribution is 5.69. The van der Waals surface area contributed by atoms with E-state index in [0.717, 1.165) is 0 Å². The maximum Gasteiger partial charge on any atom is 0.307 e. The van der Waals surface area contributed by atoms with Crippen LogP contribution in [0.25, 0.3) is 0 Å². The number of rotatable bonds is 20. The molecule has 0 aromatic heterocycles. The predicted molar refractivity (Wildman–Crippen MR) is 107 cm³/mol. The third-order valence-electron chi connectivity index (χ3n) is 4.11. The molecule has 0 radical (unpaired) electrons. The Balaban J connectivity index is 4.96. The van der Waals surface area contributed by atoms with Crippen LogP contribution in [0, 0.1) is 5.41 Å². The van der Waals surface area contributed by atoms with Crippen LogP contribution in [0.1, 0.15) is 25.7 Å². The fraction of sp³-hybridized carbons (Fsp3) is 0.850. The number of esters is 3. The molecule has 0 aromatic carbocycles. The summed E-state index contributed by atoms with van der Waals surface area (Å²) in [4.78, 5) is 33.9. The van der Waals surface area contributed by atoms with Gasteiger partial charge in [-0.25, -0.2) is 0 Å². The number of aliphatic hydroxyl groups is 1. The molecule has 11 nitrogen and oxygen atoms in total. The van der Waals surface area contributed by atoms with Crippen molar-refractivity contribution < 1.29 is 52.6 Å². The van der Waals surface area contributed by atoms with Crippen molar-refractivity contribution in [2.45, 2.75) is 25.7 Å². The van der Waals surface area contributed by atoms with E-state index in [0.29, 0.717) is 13.0 Å². The average molecular weight is 452 g/mol. The monoisotopic (exact) mass is 452 g/mol. The van der Waals surface area contributed by atoms with E-state index in [1.54, 1.807) is 0 Å². The fourth-order valence-electron chi connectivity index (χ4n) is 2.34. The van der Waals surface area contributed by atoms with Crippen molar-refractivity contribution >= 4 is 17.9 Å². The van der Waals surface area contributed by atoms with Crippen molar-refractivity contribution in [1.29, 1.82) is 0 Å². The summed E-state index contributed by atoms with van der Waals surface area (Å²) in [5, 5.41) is 8.96.